The monoisotopic (exact) mass is 325 g/mol. The Morgan fingerprint density at radius 2 is 1.62 bits per heavy atom. The molecule has 0 amide bonds. The zero-order valence-electron chi connectivity index (χ0n) is 10.1. The van der Waals surface area contributed by atoms with Crippen molar-refractivity contribution in [2.45, 2.75) is 18.3 Å². The summed E-state index contributed by atoms with van der Waals surface area (Å²) in [5.41, 5.74) is -1.55. The molecule has 0 radical (unpaired) electrons. The van der Waals surface area contributed by atoms with Gasteiger partial charge in [-0.2, -0.15) is 40.1 Å². The van der Waals surface area contributed by atoms with Gasteiger partial charge in [-0.15, -0.1) is 0 Å². The van der Waals surface area contributed by atoms with Gasteiger partial charge in [0, 0.05) is 13.1 Å². The molecule has 0 spiro atoms. The number of nitrogens with zero attached hydrogens (tertiary/aromatic N) is 2. The van der Waals surface area contributed by atoms with Crippen LogP contribution in [-0.2, 0) is 6.18 Å². The maximum Gasteiger partial charge on any atom is 0.456 e. The normalized spacial score (nSPS) is 13.2. The zero-order valence-corrected chi connectivity index (χ0v) is 10.1. The van der Waals surface area contributed by atoms with Gasteiger partial charge in [-0.1, -0.05) is 0 Å². The molecule has 21 heavy (non-hydrogen) atoms. The van der Waals surface area contributed by atoms with Crippen molar-refractivity contribution in [2.75, 3.05) is 19.0 Å². The minimum absolute atomic E-state index is 0.118. The standard InChI is InChI=1S/C9H7F8N3O/c1-18-6-19-4(8(12,13)14)2-5(20-6)21-3-7(10,11)9(15,16)17/h2H,3H2,1H3,(H,18,19,20). The minimum Gasteiger partial charge on any atom is -0.471 e. The summed E-state index contributed by atoms with van der Waals surface area (Å²) in [6.07, 6.45) is -10.8. The number of hydrogen-bond donors (Lipinski definition) is 1. The molecule has 0 fully saturated rings. The number of alkyl halides is 8. The van der Waals surface area contributed by atoms with E-state index in [1.807, 2.05) is 0 Å². The Morgan fingerprint density at radius 1 is 1.05 bits per heavy atom. The third kappa shape index (κ3) is 4.29. The number of halogens is 8. The quantitative estimate of drug-likeness (QED) is 0.864. The van der Waals surface area contributed by atoms with Crippen LogP contribution in [-0.4, -0.2) is 35.7 Å². The fourth-order valence-corrected chi connectivity index (χ4v) is 1.00. The van der Waals surface area contributed by atoms with Crippen molar-refractivity contribution in [2.24, 2.45) is 0 Å². The van der Waals surface area contributed by atoms with E-state index < -0.39 is 42.4 Å². The Balaban J connectivity index is 2.99. The lowest BCUT2D eigenvalue weighted by molar-refractivity contribution is -0.290. The fourth-order valence-electron chi connectivity index (χ4n) is 1.00. The summed E-state index contributed by atoms with van der Waals surface area (Å²) in [4.78, 5) is 6.18. The van der Waals surface area contributed by atoms with Crippen molar-refractivity contribution >= 4 is 5.95 Å². The van der Waals surface area contributed by atoms with E-state index >= 15 is 0 Å². The van der Waals surface area contributed by atoms with E-state index in [1.165, 1.54) is 0 Å². The lowest BCUT2D eigenvalue weighted by atomic mass is 10.3. The molecule has 0 unspecified atom stereocenters. The summed E-state index contributed by atoms with van der Waals surface area (Å²) in [5, 5.41) is 2.10. The van der Waals surface area contributed by atoms with Crippen molar-refractivity contribution < 1.29 is 39.9 Å². The van der Waals surface area contributed by atoms with Crippen LogP contribution in [0.15, 0.2) is 6.07 Å². The number of anilines is 1. The third-order valence-electron chi connectivity index (χ3n) is 2.03. The molecule has 0 saturated carbocycles. The molecule has 1 aromatic heterocycles. The lowest BCUT2D eigenvalue weighted by Gasteiger charge is -2.19. The molecule has 1 aromatic rings. The predicted molar refractivity (Wildman–Crippen MR) is 53.1 cm³/mol. The summed E-state index contributed by atoms with van der Waals surface area (Å²) >= 11 is 0. The van der Waals surface area contributed by atoms with Crippen LogP contribution in [0, 0.1) is 0 Å². The van der Waals surface area contributed by atoms with E-state index in [9.17, 15) is 35.1 Å². The van der Waals surface area contributed by atoms with Crippen LogP contribution in [0.3, 0.4) is 0 Å². The van der Waals surface area contributed by atoms with Gasteiger partial charge in [0.15, 0.2) is 12.3 Å². The number of rotatable bonds is 4. The van der Waals surface area contributed by atoms with Crippen LogP contribution in [0.1, 0.15) is 5.69 Å². The van der Waals surface area contributed by atoms with Crippen molar-refractivity contribution in [1.29, 1.82) is 0 Å². The molecule has 4 nitrogen and oxygen atoms in total. The molecule has 0 atom stereocenters. The van der Waals surface area contributed by atoms with Crippen LogP contribution in [0.4, 0.5) is 41.1 Å². The van der Waals surface area contributed by atoms with Gasteiger partial charge in [0.25, 0.3) is 0 Å². The molecule has 120 valence electrons. The van der Waals surface area contributed by atoms with Gasteiger partial charge in [-0.25, -0.2) is 4.98 Å². The van der Waals surface area contributed by atoms with E-state index in [4.69, 9.17) is 0 Å². The van der Waals surface area contributed by atoms with E-state index in [2.05, 4.69) is 20.0 Å². The van der Waals surface area contributed by atoms with Gasteiger partial charge in [-0.05, 0) is 0 Å². The van der Waals surface area contributed by atoms with Crippen molar-refractivity contribution in [3.63, 3.8) is 0 Å². The van der Waals surface area contributed by atoms with Gasteiger partial charge < -0.3 is 10.1 Å². The Labute approximate surface area is 112 Å². The zero-order chi connectivity index (χ0) is 16.5. The Morgan fingerprint density at radius 3 is 2.05 bits per heavy atom. The molecule has 12 heteroatoms. The molecule has 0 aliphatic carbocycles. The number of nitrogens with one attached hydrogen (secondary N) is 1. The number of ether oxygens (including phenoxy) is 1. The summed E-state index contributed by atoms with van der Waals surface area (Å²) in [5.74, 6) is -6.93. The smallest absolute Gasteiger partial charge is 0.456 e. The Bertz CT molecular complexity index is 499. The molecule has 0 aliphatic rings. The number of aromatic nitrogens is 2. The molecule has 1 heterocycles. The molecule has 1 rings (SSSR count). The van der Waals surface area contributed by atoms with E-state index in [0.717, 1.165) is 7.05 Å². The first-order chi connectivity index (χ1) is 9.37. The second-order valence-corrected chi connectivity index (χ2v) is 3.65. The maximum atomic E-state index is 12.6. The molecule has 0 saturated heterocycles. The highest BCUT2D eigenvalue weighted by atomic mass is 19.4. The molecule has 0 bridgehead atoms. The van der Waals surface area contributed by atoms with E-state index in [1.54, 1.807) is 0 Å². The topological polar surface area (TPSA) is 47.0 Å². The van der Waals surface area contributed by atoms with Gasteiger partial charge in [0.05, 0.1) is 0 Å². The predicted octanol–water partition coefficient (Wildman–Crippen LogP) is 3.11. The maximum absolute atomic E-state index is 12.6. The average molecular weight is 325 g/mol. The van der Waals surface area contributed by atoms with Crippen LogP contribution in [0.5, 0.6) is 5.88 Å². The van der Waals surface area contributed by atoms with Gasteiger partial charge in [0.2, 0.25) is 11.8 Å². The third-order valence-corrected chi connectivity index (χ3v) is 2.03. The minimum atomic E-state index is -5.89. The number of hydrogen-bond acceptors (Lipinski definition) is 4. The molecule has 0 aromatic carbocycles. The molecule has 1 N–H and O–H groups in total. The van der Waals surface area contributed by atoms with Crippen LogP contribution in [0.25, 0.3) is 0 Å². The van der Waals surface area contributed by atoms with Crippen LogP contribution in [0.2, 0.25) is 0 Å². The highest BCUT2D eigenvalue weighted by Crippen LogP contribution is 2.36. The summed E-state index contributed by atoms with van der Waals surface area (Å²) in [6, 6.07) is 0.118. The van der Waals surface area contributed by atoms with E-state index in [-0.39, 0.29) is 6.07 Å². The van der Waals surface area contributed by atoms with E-state index in [0.29, 0.717) is 0 Å². The Kier molecular flexibility index (Phi) is 4.48. The summed E-state index contributed by atoms with van der Waals surface area (Å²) < 4.78 is 102. The first kappa shape index (κ1) is 17.2. The van der Waals surface area contributed by atoms with Crippen molar-refractivity contribution in [3.8, 4) is 5.88 Å². The first-order valence-corrected chi connectivity index (χ1v) is 5.08. The van der Waals surface area contributed by atoms with Gasteiger partial charge in [-0.3, -0.25) is 0 Å². The SMILES string of the molecule is CNc1nc(OCC(F)(F)C(F)(F)F)cc(C(F)(F)F)n1. The van der Waals surface area contributed by atoms with Crippen LogP contribution >= 0.6 is 0 Å². The molecule has 0 aliphatic heterocycles. The van der Waals surface area contributed by atoms with Crippen molar-refractivity contribution in [3.05, 3.63) is 11.8 Å². The van der Waals surface area contributed by atoms with Crippen LogP contribution < -0.4 is 10.1 Å². The second kappa shape index (κ2) is 5.48. The van der Waals surface area contributed by atoms with Crippen molar-refractivity contribution in [1.82, 2.24) is 9.97 Å². The largest absolute Gasteiger partial charge is 0.471 e. The fraction of sp³-hybridized carbons (Fsp3) is 0.556. The molecular formula is C9H7F8N3O. The summed E-state index contributed by atoms with van der Waals surface area (Å²) in [7, 11) is 1.13. The first-order valence-electron chi connectivity index (χ1n) is 5.08. The lowest BCUT2D eigenvalue weighted by Crippen LogP contribution is -2.41. The highest BCUT2D eigenvalue weighted by molar-refractivity contribution is 5.31. The van der Waals surface area contributed by atoms with Gasteiger partial charge >= 0.3 is 18.3 Å². The molecular weight excluding hydrogens is 318 g/mol. The summed E-state index contributed by atoms with van der Waals surface area (Å²) in [6.45, 7) is -2.20. The van der Waals surface area contributed by atoms with Gasteiger partial charge in [0.1, 0.15) is 0 Å². The highest BCUT2D eigenvalue weighted by Gasteiger charge is 2.58. The average Bonchev–Trinajstić information content (AvgIpc) is 2.33. The Hall–Kier alpha value is -1.88. The second-order valence-electron chi connectivity index (χ2n) is 3.65.